The number of aliphatic carboxylic acids is 1. The van der Waals surface area contributed by atoms with Crippen molar-refractivity contribution in [3.05, 3.63) is 59.7 Å². The molecular formula is C29H40O5. The number of ether oxygens (including phenoxy) is 2. The van der Waals surface area contributed by atoms with Crippen molar-refractivity contribution in [1.29, 1.82) is 0 Å². The summed E-state index contributed by atoms with van der Waals surface area (Å²) in [5, 5.41) is 8.77. The van der Waals surface area contributed by atoms with Crippen LogP contribution in [0.1, 0.15) is 84.3 Å². The average Bonchev–Trinajstić information content (AvgIpc) is 2.80. The Morgan fingerprint density at radius 3 is 1.68 bits per heavy atom. The fourth-order valence-electron chi connectivity index (χ4n) is 4.24. The highest BCUT2D eigenvalue weighted by atomic mass is 16.5. The van der Waals surface area contributed by atoms with E-state index in [-0.39, 0.29) is 24.2 Å². The zero-order valence-electron chi connectivity index (χ0n) is 21.4. The Kier molecular flexibility index (Phi) is 10.2. The molecule has 0 aliphatic rings. The van der Waals surface area contributed by atoms with Crippen molar-refractivity contribution in [2.45, 2.75) is 78.6 Å². The quantitative estimate of drug-likeness (QED) is 0.308. The number of carboxylic acid groups (broad SMARTS) is 1. The van der Waals surface area contributed by atoms with Gasteiger partial charge in [-0.1, -0.05) is 71.7 Å². The van der Waals surface area contributed by atoms with Gasteiger partial charge in [0.15, 0.2) is 5.78 Å². The molecule has 186 valence electrons. The number of hydrogen-bond donors (Lipinski definition) is 1. The largest absolute Gasteiger partial charge is 0.494 e. The van der Waals surface area contributed by atoms with E-state index < -0.39 is 11.4 Å². The first-order valence-corrected chi connectivity index (χ1v) is 12.3. The summed E-state index contributed by atoms with van der Waals surface area (Å²) in [6, 6.07) is 16.4. The normalized spacial score (nSPS) is 11.8. The molecule has 1 N–H and O–H groups in total. The summed E-state index contributed by atoms with van der Waals surface area (Å²) in [7, 11) is 0. The molecule has 34 heavy (non-hydrogen) atoms. The third-order valence-electron chi connectivity index (χ3n) is 6.18. The van der Waals surface area contributed by atoms with Gasteiger partial charge >= 0.3 is 5.97 Å². The molecule has 0 atom stereocenters. The molecule has 0 aromatic heterocycles. The summed E-state index contributed by atoms with van der Waals surface area (Å²) in [6.07, 6.45) is 4.73. The molecule has 0 bridgehead atoms. The van der Waals surface area contributed by atoms with Gasteiger partial charge in [0.05, 0.1) is 6.61 Å². The molecule has 0 unspecified atom stereocenters. The van der Waals surface area contributed by atoms with Gasteiger partial charge in [-0.25, -0.2) is 0 Å². The summed E-state index contributed by atoms with van der Waals surface area (Å²) >= 11 is 0. The van der Waals surface area contributed by atoms with Gasteiger partial charge in [-0.2, -0.15) is 0 Å². The van der Waals surface area contributed by atoms with Crippen LogP contribution in [0.3, 0.4) is 0 Å². The van der Waals surface area contributed by atoms with E-state index in [1.54, 1.807) is 0 Å². The molecule has 2 rings (SSSR count). The van der Waals surface area contributed by atoms with Crippen molar-refractivity contribution < 1.29 is 24.2 Å². The summed E-state index contributed by atoms with van der Waals surface area (Å²) in [5.74, 6) is 0.727. The lowest BCUT2D eigenvalue weighted by molar-refractivity contribution is -0.137. The number of carboxylic acids is 1. The van der Waals surface area contributed by atoms with Crippen LogP contribution in [0.15, 0.2) is 48.5 Å². The molecule has 0 saturated carbocycles. The van der Waals surface area contributed by atoms with Crippen LogP contribution in [0.5, 0.6) is 11.5 Å². The molecule has 0 aliphatic heterocycles. The maximum Gasteiger partial charge on any atom is 0.303 e. The van der Waals surface area contributed by atoms with Gasteiger partial charge in [-0.15, -0.1) is 0 Å². The Labute approximate surface area is 204 Å². The Hall–Kier alpha value is -2.82. The molecule has 0 amide bonds. The van der Waals surface area contributed by atoms with Crippen LogP contribution in [-0.2, 0) is 15.0 Å². The number of rotatable bonds is 14. The van der Waals surface area contributed by atoms with E-state index in [1.807, 2.05) is 45.0 Å². The van der Waals surface area contributed by atoms with Gasteiger partial charge in [-0.05, 0) is 54.7 Å². The molecule has 0 radical (unpaired) electrons. The minimum Gasteiger partial charge on any atom is -0.494 e. The fraction of sp³-hybridized carbons (Fsp3) is 0.517. The van der Waals surface area contributed by atoms with Gasteiger partial charge in [0, 0.05) is 17.3 Å². The second-order valence-electron chi connectivity index (χ2n) is 9.94. The molecule has 2 aromatic carbocycles. The van der Waals surface area contributed by atoms with Gasteiger partial charge in [0.25, 0.3) is 0 Å². The minimum atomic E-state index is -0.805. The maximum absolute atomic E-state index is 12.2. The smallest absolute Gasteiger partial charge is 0.303 e. The minimum absolute atomic E-state index is 0.0752. The van der Waals surface area contributed by atoms with Gasteiger partial charge in [0.1, 0.15) is 18.1 Å². The zero-order chi connectivity index (χ0) is 25.2. The number of benzene rings is 2. The Morgan fingerprint density at radius 2 is 1.26 bits per heavy atom. The molecule has 0 spiro atoms. The molecule has 5 nitrogen and oxygen atoms in total. The monoisotopic (exact) mass is 468 g/mol. The lowest BCUT2D eigenvalue weighted by Crippen LogP contribution is -2.28. The maximum atomic E-state index is 12.2. The highest BCUT2D eigenvalue weighted by molar-refractivity contribution is 5.85. The van der Waals surface area contributed by atoms with E-state index in [1.165, 1.54) is 11.1 Å². The number of ketones is 1. The Balaban J connectivity index is 2.22. The third kappa shape index (κ3) is 7.61. The molecule has 0 aliphatic carbocycles. The molecule has 2 aromatic rings. The Bertz CT molecular complexity index is 901. The van der Waals surface area contributed by atoms with Crippen molar-refractivity contribution in [2.24, 2.45) is 5.41 Å². The van der Waals surface area contributed by atoms with Crippen LogP contribution in [0.2, 0.25) is 0 Å². The van der Waals surface area contributed by atoms with Crippen LogP contribution in [-0.4, -0.2) is 30.1 Å². The van der Waals surface area contributed by atoms with E-state index >= 15 is 0 Å². The van der Waals surface area contributed by atoms with Crippen molar-refractivity contribution in [3.8, 4) is 11.5 Å². The van der Waals surface area contributed by atoms with Gasteiger partial charge < -0.3 is 14.6 Å². The highest BCUT2D eigenvalue weighted by Gasteiger charge is 2.32. The number of hydrogen-bond acceptors (Lipinski definition) is 4. The molecule has 5 heteroatoms. The lowest BCUT2D eigenvalue weighted by atomic mass is 9.68. The predicted molar refractivity (Wildman–Crippen MR) is 136 cm³/mol. The molecule has 0 heterocycles. The van der Waals surface area contributed by atoms with Crippen molar-refractivity contribution >= 4 is 11.8 Å². The van der Waals surface area contributed by atoms with E-state index in [9.17, 15) is 9.59 Å². The highest BCUT2D eigenvalue weighted by Crippen LogP contribution is 2.42. The Morgan fingerprint density at radius 1 is 0.794 bits per heavy atom. The van der Waals surface area contributed by atoms with Gasteiger partial charge in [-0.3, -0.25) is 9.59 Å². The van der Waals surface area contributed by atoms with E-state index in [0.29, 0.717) is 18.8 Å². The number of carbonyl (C=O) groups excluding carboxylic acids is 1. The van der Waals surface area contributed by atoms with Gasteiger partial charge in [0.2, 0.25) is 0 Å². The number of carbonyl (C=O) groups is 2. The van der Waals surface area contributed by atoms with Crippen LogP contribution in [0.4, 0.5) is 0 Å². The summed E-state index contributed by atoms with van der Waals surface area (Å²) in [4.78, 5) is 22.9. The first-order chi connectivity index (χ1) is 16.1. The second kappa shape index (κ2) is 12.6. The standard InChI is InChI=1S/C29H40O5/c1-6-18-29(19-7-2,22-10-14-24(15-11-22)33-20-8-9-27(31)32)23-12-16-25(17-13-23)34-21-26(30)28(3,4)5/h10-17H,6-9,18-21H2,1-5H3,(H,31,32). The van der Waals surface area contributed by atoms with Crippen LogP contribution in [0.25, 0.3) is 0 Å². The van der Waals surface area contributed by atoms with Crippen LogP contribution >= 0.6 is 0 Å². The summed E-state index contributed by atoms with van der Waals surface area (Å²) in [5.41, 5.74) is 1.95. The fourth-order valence-corrected chi connectivity index (χ4v) is 4.24. The molecular weight excluding hydrogens is 428 g/mol. The summed E-state index contributed by atoms with van der Waals surface area (Å²) in [6.45, 7) is 10.6. The van der Waals surface area contributed by atoms with Crippen molar-refractivity contribution in [1.82, 2.24) is 0 Å². The molecule has 0 saturated heterocycles. The van der Waals surface area contributed by atoms with Crippen LogP contribution in [0, 0.1) is 5.41 Å². The number of Topliss-reactive ketones (excluding diaryl/α,β-unsaturated/α-hetero) is 1. The third-order valence-corrected chi connectivity index (χ3v) is 6.18. The SMILES string of the molecule is CCCC(CCC)(c1ccc(OCCCC(=O)O)cc1)c1ccc(OCC(=O)C(C)(C)C)cc1. The zero-order valence-corrected chi connectivity index (χ0v) is 21.4. The molecule has 0 fully saturated rings. The van der Waals surface area contributed by atoms with Crippen molar-refractivity contribution in [3.63, 3.8) is 0 Å². The van der Waals surface area contributed by atoms with Crippen molar-refractivity contribution in [2.75, 3.05) is 13.2 Å². The van der Waals surface area contributed by atoms with E-state index in [2.05, 4.69) is 38.1 Å². The summed E-state index contributed by atoms with van der Waals surface area (Å²) < 4.78 is 11.5. The van der Waals surface area contributed by atoms with E-state index in [4.69, 9.17) is 14.6 Å². The average molecular weight is 469 g/mol. The second-order valence-corrected chi connectivity index (χ2v) is 9.94. The first kappa shape index (κ1) is 27.4. The topological polar surface area (TPSA) is 72.8 Å². The first-order valence-electron chi connectivity index (χ1n) is 12.3. The lowest BCUT2D eigenvalue weighted by Gasteiger charge is -2.35. The van der Waals surface area contributed by atoms with E-state index in [0.717, 1.165) is 31.4 Å². The predicted octanol–water partition coefficient (Wildman–Crippen LogP) is 6.81. The van der Waals surface area contributed by atoms with Crippen LogP contribution < -0.4 is 9.47 Å².